The Kier molecular flexibility index (Phi) is 8.10. The van der Waals surface area contributed by atoms with Crippen LogP contribution in [0.1, 0.15) is 22.3 Å². The second kappa shape index (κ2) is 10.5. The molecule has 8 heteroatoms. The van der Waals surface area contributed by atoms with Crippen LogP contribution in [0.5, 0.6) is 0 Å². The van der Waals surface area contributed by atoms with E-state index in [4.69, 9.17) is 27.9 Å². The zero-order valence-corrected chi connectivity index (χ0v) is 15.8. The molecule has 2 amide bonds. The SMILES string of the molecule is O=C(COC(=O)CCNC(=O)c1ccc(Cl)cc1)NCc1ccc(Cl)cc1. The van der Waals surface area contributed by atoms with E-state index in [1.54, 1.807) is 48.5 Å². The van der Waals surface area contributed by atoms with Crippen LogP contribution >= 0.6 is 23.2 Å². The highest BCUT2D eigenvalue weighted by atomic mass is 35.5. The number of hydrogen-bond acceptors (Lipinski definition) is 4. The molecule has 0 saturated carbocycles. The first-order valence-corrected chi connectivity index (χ1v) is 8.90. The molecule has 6 nitrogen and oxygen atoms in total. The Hall–Kier alpha value is -2.57. The molecule has 0 atom stereocenters. The van der Waals surface area contributed by atoms with Gasteiger partial charge in [-0.2, -0.15) is 0 Å². The zero-order valence-electron chi connectivity index (χ0n) is 14.3. The van der Waals surface area contributed by atoms with E-state index in [9.17, 15) is 14.4 Å². The van der Waals surface area contributed by atoms with Gasteiger partial charge in [-0.3, -0.25) is 14.4 Å². The van der Waals surface area contributed by atoms with Crippen molar-refractivity contribution in [1.29, 1.82) is 0 Å². The van der Waals surface area contributed by atoms with Crippen molar-refractivity contribution in [2.75, 3.05) is 13.2 Å². The Morgan fingerprint density at radius 1 is 0.852 bits per heavy atom. The highest BCUT2D eigenvalue weighted by molar-refractivity contribution is 6.30. The molecule has 0 aliphatic carbocycles. The van der Waals surface area contributed by atoms with Crippen molar-refractivity contribution in [2.24, 2.45) is 0 Å². The van der Waals surface area contributed by atoms with Gasteiger partial charge in [0.05, 0.1) is 6.42 Å². The number of benzene rings is 2. The van der Waals surface area contributed by atoms with Crippen molar-refractivity contribution in [3.05, 3.63) is 69.7 Å². The smallest absolute Gasteiger partial charge is 0.308 e. The summed E-state index contributed by atoms with van der Waals surface area (Å²) in [5.41, 5.74) is 1.32. The fourth-order valence-corrected chi connectivity index (χ4v) is 2.31. The van der Waals surface area contributed by atoms with Crippen molar-refractivity contribution in [3.8, 4) is 0 Å². The Morgan fingerprint density at radius 2 is 1.44 bits per heavy atom. The van der Waals surface area contributed by atoms with E-state index in [0.29, 0.717) is 22.2 Å². The summed E-state index contributed by atoms with van der Waals surface area (Å²) in [6.07, 6.45) is -0.0379. The van der Waals surface area contributed by atoms with Gasteiger partial charge in [-0.05, 0) is 42.0 Å². The molecule has 2 aromatic rings. The predicted octanol–water partition coefficient (Wildman–Crippen LogP) is 2.97. The summed E-state index contributed by atoms with van der Waals surface area (Å²) < 4.78 is 4.87. The third-order valence-corrected chi connectivity index (χ3v) is 3.99. The minimum Gasteiger partial charge on any atom is -0.456 e. The predicted molar refractivity (Wildman–Crippen MR) is 103 cm³/mol. The molecule has 2 aromatic carbocycles. The number of rotatable bonds is 8. The molecule has 0 saturated heterocycles. The Bertz CT molecular complexity index is 792. The molecular weight excluding hydrogens is 391 g/mol. The van der Waals surface area contributed by atoms with Crippen LogP contribution in [-0.2, 0) is 20.9 Å². The van der Waals surface area contributed by atoms with E-state index in [0.717, 1.165) is 5.56 Å². The molecule has 0 aromatic heterocycles. The Morgan fingerprint density at radius 3 is 2.07 bits per heavy atom. The lowest BCUT2D eigenvalue weighted by atomic mass is 10.2. The molecular formula is C19H18Cl2N2O4. The molecule has 0 radical (unpaired) electrons. The second-order valence-electron chi connectivity index (χ2n) is 5.58. The fourth-order valence-electron chi connectivity index (χ4n) is 2.05. The average Bonchev–Trinajstić information content (AvgIpc) is 2.66. The molecule has 2 rings (SSSR count). The molecule has 0 heterocycles. The molecule has 0 aliphatic heterocycles. The quantitative estimate of drug-likeness (QED) is 0.657. The minimum absolute atomic E-state index is 0.0379. The van der Waals surface area contributed by atoms with Crippen LogP contribution in [-0.4, -0.2) is 30.9 Å². The Labute approximate surface area is 166 Å². The monoisotopic (exact) mass is 408 g/mol. The van der Waals surface area contributed by atoms with Crippen molar-refractivity contribution in [1.82, 2.24) is 10.6 Å². The first-order chi connectivity index (χ1) is 12.9. The lowest BCUT2D eigenvalue weighted by molar-refractivity contribution is -0.148. The van der Waals surface area contributed by atoms with Gasteiger partial charge in [0, 0.05) is 28.7 Å². The van der Waals surface area contributed by atoms with Gasteiger partial charge in [0.1, 0.15) is 0 Å². The number of ether oxygens (including phenoxy) is 1. The van der Waals surface area contributed by atoms with Crippen molar-refractivity contribution < 1.29 is 19.1 Å². The van der Waals surface area contributed by atoms with E-state index < -0.39 is 11.9 Å². The normalized spacial score (nSPS) is 10.1. The largest absolute Gasteiger partial charge is 0.456 e. The highest BCUT2D eigenvalue weighted by Crippen LogP contribution is 2.10. The third kappa shape index (κ3) is 7.68. The molecule has 0 spiro atoms. The van der Waals surface area contributed by atoms with Crippen LogP contribution in [0, 0.1) is 0 Å². The highest BCUT2D eigenvalue weighted by Gasteiger charge is 2.09. The standard InChI is InChI=1S/C19H18Cl2N2O4/c20-15-5-1-13(2-6-15)11-23-17(24)12-27-18(25)9-10-22-19(26)14-3-7-16(21)8-4-14/h1-8H,9-12H2,(H,22,26)(H,23,24). The Balaban J connectivity index is 1.61. The van der Waals surface area contributed by atoms with E-state index in [1.807, 2.05) is 0 Å². The van der Waals surface area contributed by atoms with Crippen LogP contribution in [0.4, 0.5) is 0 Å². The van der Waals surface area contributed by atoms with Crippen LogP contribution in [0.2, 0.25) is 10.0 Å². The summed E-state index contributed by atoms with van der Waals surface area (Å²) in [6, 6.07) is 13.4. The maximum absolute atomic E-state index is 11.9. The van der Waals surface area contributed by atoms with Crippen molar-refractivity contribution in [2.45, 2.75) is 13.0 Å². The number of esters is 1. The molecule has 0 aliphatic rings. The van der Waals surface area contributed by atoms with Gasteiger partial charge in [-0.1, -0.05) is 35.3 Å². The van der Waals surface area contributed by atoms with Gasteiger partial charge in [0.2, 0.25) is 0 Å². The van der Waals surface area contributed by atoms with Crippen LogP contribution in [0.25, 0.3) is 0 Å². The van der Waals surface area contributed by atoms with E-state index in [1.165, 1.54) is 0 Å². The van der Waals surface area contributed by atoms with Gasteiger partial charge < -0.3 is 15.4 Å². The van der Waals surface area contributed by atoms with Crippen molar-refractivity contribution >= 4 is 41.0 Å². The maximum atomic E-state index is 11.9. The van der Waals surface area contributed by atoms with E-state index in [-0.39, 0.29) is 25.5 Å². The summed E-state index contributed by atoms with van der Waals surface area (Å²) in [6.45, 7) is 0.0366. The number of hydrogen-bond donors (Lipinski definition) is 2. The minimum atomic E-state index is -0.576. The second-order valence-corrected chi connectivity index (χ2v) is 6.45. The third-order valence-electron chi connectivity index (χ3n) is 3.49. The van der Waals surface area contributed by atoms with Gasteiger partial charge in [0.25, 0.3) is 11.8 Å². The number of halogens is 2. The maximum Gasteiger partial charge on any atom is 0.308 e. The summed E-state index contributed by atoms with van der Waals surface area (Å²) >= 11 is 11.5. The molecule has 142 valence electrons. The lowest BCUT2D eigenvalue weighted by Gasteiger charge is -2.08. The van der Waals surface area contributed by atoms with Crippen LogP contribution in [0.3, 0.4) is 0 Å². The molecule has 0 unspecified atom stereocenters. The lowest BCUT2D eigenvalue weighted by Crippen LogP contribution is -2.30. The molecule has 0 fully saturated rings. The fraction of sp³-hybridized carbons (Fsp3) is 0.211. The first kappa shape index (κ1) is 20.7. The van der Waals surface area contributed by atoms with Crippen LogP contribution in [0.15, 0.2) is 48.5 Å². The average molecular weight is 409 g/mol. The number of carbonyl (C=O) groups is 3. The summed E-state index contributed by atoms with van der Waals surface area (Å²) in [4.78, 5) is 35.2. The van der Waals surface area contributed by atoms with E-state index >= 15 is 0 Å². The van der Waals surface area contributed by atoms with Gasteiger partial charge >= 0.3 is 5.97 Å². The van der Waals surface area contributed by atoms with Crippen LogP contribution < -0.4 is 10.6 Å². The summed E-state index contributed by atoms with van der Waals surface area (Å²) in [7, 11) is 0. The van der Waals surface area contributed by atoms with Gasteiger partial charge in [0.15, 0.2) is 6.61 Å². The topological polar surface area (TPSA) is 84.5 Å². The van der Waals surface area contributed by atoms with Crippen molar-refractivity contribution in [3.63, 3.8) is 0 Å². The number of carbonyl (C=O) groups excluding carboxylic acids is 3. The number of nitrogens with one attached hydrogen (secondary N) is 2. The van der Waals surface area contributed by atoms with E-state index in [2.05, 4.69) is 10.6 Å². The zero-order chi connectivity index (χ0) is 19.6. The molecule has 0 bridgehead atoms. The first-order valence-electron chi connectivity index (χ1n) is 8.14. The van der Waals surface area contributed by atoms with Gasteiger partial charge in [-0.15, -0.1) is 0 Å². The molecule has 2 N–H and O–H groups in total. The van der Waals surface area contributed by atoms with Gasteiger partial charge in [-0.25, -0.2) is 0 Å². The molecule has 27 heavy (non-hydrogen) atoms. The summed E-state index contributed by atoms with van der Waals surface area (Å²) in [5, 5.41) is 6.37. The number of amides is 2. The summed E-state index contributed by atoms with van der Waals surface area (Å²) in [5.74, 6) is -1.31.